The van der Waals surface area contributed by atoms with Crippen molar-refractivity contribution >= 4 is 19.7 Å². The van der Waals surface area contributed by atoms with Crippen molar-refractivity contribution in [1.29, 1.82) is 5.26 Å². The molecule has 2 aliphatic heterocycles. The Morgan fingerprint density at radius 1 is 0.824 bits per heavy atom. The Labute approximate surface area is 396 Å². The van der Waals surface area contributed by atoms with Crippen LogP contribution in [-0.4, -0.2) is 103 Å². The first-order chi connectivity index (χ1) is 32.9. The average molecular weight is 950 g/mol. The number of methoxy groups -OCH3 is 2. The maximum atomic E-state index is 17.8. The van der Waals surface area contributed by atoms with Gasteiger partial charge in [0, 0.05) is 36.3 Å². The number of ether oxygens (including phenoxy) is 4. The summed E-state index contributed by atoms with van der Waals surface area (Å²) in [4.78, 5) is 24.7. The molecule has 2 aliphatic rings. The van der Waals surface area contributed by atoms with Gasteiger partial charge in [0.1, 0.15) is 48.1 Å². The molecule has 4 heterocycles. The number of halogens is 1. The Morgan fingerprint density at radius 3 is 1.96 bits per heavy atom. The summed E-state index contributed by atoms with van der Waals surface area (Å²) < 4.78 is 60.6. The second-order valence-electron chi connectivity index (χ2n) is 17.1. The normalized spacial score (nSPS) is 21.2. The maximum Gasteiger partial charge on any atom is 0.281 e. The van der Waals surface area contributed by atoms with Crippen LogP contribution in [0, 0.1) is 11.3 Å². The number of fused-ring (bicyclic) bond motifs is 2. The van der Waals surface area contributed by atoms with E-state index < -0.39 is 56.7 Å². The number of alkyl halides is 1. The smallest absolute Gasteiger partial charge is 0.281 e. The minimum Gasteiger partial charge on any atom is -0.497 e. The Morgan fingerprint density at radius 2 is 1.40 bits per heavy atom. The molecule has 8 rings (SSSR count). The van der Waals surface area contributed by atoms with E-state index in [9.17, 15) is 20.3 Å². The van der Waals surface area contributed by atoms with Crippen LogP contribution in [0.25, 0.3) is 11.2 Å². The first kappa shape index (κ1) is 48.8. The van der Waals surface area contributed by atoms with E-state index in [4.69, 9.17) is 28.0 Å². The fraction of sp³-hybridized carbons (Fsp3) is 0.400. The van der Waals surface area contributed by atoms with E-state index in [-0.39, 0.29) is 56.0 Å². The molecule has 358 valence electrons. The lowest BCUT2D eigenvalue weighted by Crippen LogP contribution is -2.39. The highest BCUT2D eigenvalue weighted by molar-refractivity contribution is 7.44. The highest BCUT2D eigenvalue weighted by Gasteiger charge is 2.51. The molecule has 0 bridgehead atoms. The molecule has 3 unspecified atom stereocenters. The summed E-state index contributed by atoms with van der Waals surface area (Å²) in [5, 5.41) is 31.4. The average Bonchev–Trinajstić information content (AvgIpc) is 4.00. The molecule has 6 aromatic rings. The van der Waals surface area contributed by atoms with Gasteiger partial charge in [0.2, 0.25) is 0 Å². The van der Waals surface area contributed by atoms with Crippen LogP contribution in [0.5, 0.6) is 11.5 Å². The van der Waals surface area contributed by atoms with Gasteiger partial charge in [0.05, 0.1) is 46.3 Å². The van der Waals surface area contributed by atoms with E-state index >= 15 is 4.39 Å². The quantitative estimate of drug-likeness (QED) is 0.0436. The highest BCUT2D eigenvalue weighted by Crippen LogP contribution is 2.52. The third-order valence-corrected chi connectivity index (χ3v) is 14.5. The molecule has 0 saturated carbocycles. The Bertz CT molecular complexity index is 2630. The van der Waals surface area contributed by atoms with Crippen LogP contribution in [0.2, 0.25) is 0 Å². The molecule has 16 nitrogen and oxygen atoms in total. The van der Waals surface area contributed by atoms with Gasteiger partial charge in [-0.2, -0.15) is 5.26 Å². The van der Waals surface area contributed by atoms with E-state index in [1.807, 2.05) is 111 Å². The number of nitrogens with zero attached hydrogens (tertiary/aromatic N) is 7. The molecule has 7 atom stereocenters. The number of aromatic nitrogens is 4. The van der Waals surface area contributed by atoms with Gasteiger partial charge in [-0.05, 0) is 68.7 Å². The van der Waals surface area contributed by atoms with Crippen molar-refractivity contribution in [1.82, 2.24) is 28.7 Å². The van der Waals surface area contributed by atoms with Crippen LogP contribution in [0.3, 0.4) is 0 Å². The molecule has 1 saturated heterocycles. The number of imidazole rings is 1. The molecular weight excluding hydrogens is 893 g/mol. The monoisotopic (exact) mass is 949 g/mol. The van der Waals surface area contributed by atoms with Crippen LogP contribution in [0.4, 0.5) is 4.39 Å². The zero-order valence-electron chi connectivity index (χ0n) is 38.8. The zero-order chi connectivity index (χ0) is 48.1. The zero-order valence-corrected chi connectivity index (χ0v) is 39.7. The lowest BCUT2D eigenvalue weighted by molar-refractivity contribution is -0.0888. The van der Waals surface area contributed by atoms with Gasteiger partial charge >= 0.3 is 0 Å². The fourth-order valence-electron chi connectivity index (χ4n) is 9.08. The molecule has 18 heteroatoms. The van der Waals surface area contributed by atoms with Gasteiger partial charge in [-0.15, -0.1) is 0 Å². The highest BCUT2D eigenvalue weighted by atomic mass is 31.2. The minimum absolute atomic E-state index is 0.00334. The SMILES string of the molecule is COc1ccc(C(OC[C@H]2O[C@@H](n3cnc4c(=O)n(CCN5C(O)c6ccccc6C5O)cnc43)[C@H](OP(OCCC#N)N(C(C)C)C(C)C)[C@@H]2F)(c2ccccc2)c2ccc(OC)cc2)cc1. The van der Waals surface area contributed by atoms with Gasteiger partial charge in [-0.3, -0.25) is 13.9 Å². The number of benzene rings is 4. The summed E-state index contributed by atoms with van der Waals surface area (Å²) in [5.74, 6) is 1.29. The summed E-state index contributed by atoms with van der Waals surface area (Å²) in [6.45, 7) is 7.92. The minimum atomic E-state index is -1.98. The van der Waals surface area contributed by atoms with E-state index in [0.717, 1.165) is 16.7 Å². The van der Waals surface area contributed by atoms with Crippen molar-refractivity contribution in [2.45, 2.75) is 95.4 Å². The molecule has 1 fully saturated rings. The molecule has 2 N–H and O–H groups in total. The van der Waals surface area contributed by atoms with Crippen molar-refractivity contribution in [3.8, 4) is 17.6 Å². The molecule has 4 aromatic carbocycles. The molecule has 2 aromatic heterocycles. The van der Waals surface area contributed by atoms with E-state index in [0.29, 0.717) is 22.6 Å². The second-order valence-corrected chi connectivity index (χ2v) is 18.5. The molecular formula is C50H57FN7O9P. The van der Waals surface area contributed by atoms with E-state index in [1.54, 1.807) is 38.5 Å². The summed E-state index contributed by atoms with van der Waals surface area (Å²) in [7, 11) is 1.21. The van der Waals surface area contributed by atoms with Crippen LogP contribution in [-0.2, 0) is 30.7 Å². The van der Waals surface area contributed by atoms with Crippen molar-refractivity contribution in [2.24, 2.45) is 0 Å². The number of nitriles is 1. The Kier molecular flexibility index (Phi) is 15.3. The number of aliphatic hydroxyl groups is 2. The molecule has 0 radical (unpaired) electrons. The second kappa shape index (κ2) is 21.3. The maximum absolute atomic E-state index is 17.8. The third-order valence-electron chi connectivity index (χ3n) is 12.4. The number of aliphatic hydroxyl groups excluding tert-OH is 2. The first-order valence-electron chi connectivity index (χ1n) is 22.6. The summed E-state index contributed by atoms with van der Waals surface area (Å²) in [6.07, 6.45) is -4.92. The lowest BCUT2D eigenvalue weighted by Gasteiger charge is -2.38. The Balaban J connectivity index is 1.16. The first-order valence-corrected chi connectivity index (χ1v) is 23.7. The van der Waals surface area contributed by atoms with E-state index in [2.05, 4.69) is 16.0 Å². The van der Waals surface area contributed by atoms with Crippen molar-refractivity contribution < 1.29 is 42.6 Å². The summed E-state index contributed by atoms with van der Waals surface area (Å²) in [5.41, 5.74) is 1.79. The summed E-state index contributed by atoms with van der Waals surface area (Å²) >= 11 is 0. The Hall–Kier alpha value is -5.64. The predicted molar refractivity (Wildman–Crippen MR) is 252 cm³/mol. The molecule has 0 spiro atoms. The number of rotatable bonds is 20. The molecule has 0 amide bonds. The third kappa shape index (κ3) is 9.53. The van der Waals surface area contributed by atoms with Gasteiger partial charge in [-0.1, -0.05) is 78.9 Å². The largest absolute Gasteiger partial charge is 0.497 e. The van der Waals surface area contributed by atoms with Gasteiger partial charge in [0.15, 0.2) is 23.6 Å². The summed E-state index contributed by atoms with van der Waals surface area (Å²) in [6, 6.07) is 33.7. The van der Waals surface area contributed by atoms with Crippen molar-refractivity contribution in [3.63, 3.8) is 0 Å². The standard InChI is InChI=1S/C50H57FN7O9P/c1-32(2)58(33(3)4)68(65-28-12-25-52)67-44-42(51)41(29-64-50(34-13-8-7-9-14-34,35-17-21-37(62-5)22-18-35)36-19-23-38(63-6)24-20-36)66-49(44)57-31-53-43-45(57)54-30-55(48(43)61)26-27-56-46(59)39-15-10-11-16-40(39)47(56)60/h7-11,13-24,30-33,41-42,44,46-47,49,59-60H,12,26-29H2,1-6H3/t41-,42-,44-,46?,47?,49-,68?/m1/s1. The van der Waals surface area contributed by atoms with Crippen LogP contribution >= 0.6 is 8.53 Å². The van der Waals surface area contributed by atoms with Gasteiger partial charge in [0.25, 0.3) is 14.1 Å². The van der Waals surface area contributed by atoms with E-state index in [1.165, 1.54) is 26.7 Å². The van der Waals surface area contributed by atoms with Crippen LogP contribution in [0.15, 0.2) is 121 Å². The lowest BCUT2D eigenvalue weighted by atomic mass is 9.80. The molecule has 0 aliphatic carbocycles. The van der Waals surface area contributed by atoms with Gasteiger partial charge in [-0.25, -0.2) is 23.9 Å². The predicted octanol–water partition coefficient (Wildman–Crippen LogP) is 7.51. The fourth-order valence-corrected chi connectivity index (χ4v) is 10.8. The number of hydrogen-bond donors (Lipinski definition) is 2. The topological polar surface area (TPSA) is 179 Å². The van der Waals surface area contributed by atoms with Crippen LogP contribution in [0.1, 0.15) is 80.6 Å². The number of hydrogen-bond acceptors (Lipinski definition) is 14. The molecule has 68 heavy (non-hydrogen) atoms. The van der Waals surface area contributed by atoms with Crippen LogP contribution < -0.4 is 15.0 Å². The van der Waals surface area contributed by atoms with Crippen molar-refractivity contribution in [3.05, 3.63) is 154 Å². The van der Waals surface area contributed by atoms with Crippen molar-refractivity contribution in [2.75, 3.05) is 34.0 Å². The van der Waals surface area contributed by atoms with Gasteiger partial charge < -0.3 is 38.2 Å².